The molecule has 3 nitrogen and oxygen atoms in total. The number of rotatable bonds is 3. The van der Waals surface area contributed by atoms with E-state index in [0.717, 1.165) is 18.2 Å². The molecule has 1 aromatic heterocycles. The van der Waals surface area contributed by atoms with Crippen LogP contribution >= 0.6 is 0 Å². The monoisotopic (exact) mass is 236 g/mol. The van der Waals surface area contributed by atoms with Crippen LogP contribution < -0.4 is 5.32 Å². The summed E-state index contributed by atoms with van der Waals surface area (Å²) in [5.41, 5.74) is 0.111. The summed E-state index contributed by atoms with van der Waals surface area (Å²) in [6, 6.07) is 0. The molecule has 1 aliphatic rings. The molecule has 0 radical (unpaired) electrons. The molecule has 1 aromatic rings. The summed E-state index contributed by atoms with van der Waals surface area (Å²) in [6.45, 7) is 7.17. The average Bonchev–Trinajstić information content (AvgIpc) is 2.75. The smallest absolute Gasteiger partial charge is 0.208 e. The Morgan fingerprint density at radius 3 is 2.65 bits per heavy atom. The molecule has 1 fully saturated rings. The van der Waals surface area contributed by atoms with Crippen molar-refractivity contribution >= 4 is 0 Å². The van der Waals surface area contributed by atoms with Gasteiger partial charge in [-0.2, -0.15) is 0 Å². The first-order valence-electron chi connectivity index (χ1n) is 6.74. The molecule has 0 atom stereocenters. The van der Waals surface area contributed by atoms with Gasteiger partial charge in [0.2, 0.25) is 5.89 Å². The van der Waals surface area contributed by atoms with E-state index >= 15 is 0 Å². The topological polar surface area (TPSA) is 38.1 Å². The van der Waals surface area contributed by atoms with Crippen LogP contribution in [0.5, 0.6) is 0 Å². The Hall–Kier alpha value is -0.830. The average molecular weight is 236 g/mol. The molecule has 0 amide bonds. The van der Waals surface area contributed by atoms with Gasteiger partial charge in [-0.3, -0.25) is 0 Å². The van der Waals surface area contributed by atoms with Gasteiger partial charge in [0.05, 0.1) is 12.7 Å². The predicted octanol–water partition coefficient (Wildman–Crippen LogP) is 3.61. The highest BCUT2D eigenvalue weighted by molar-refractivity contribution is 5.03. The molecule has 1 N–H and O–H groups in total. The van der Waals surface area contributed by atoms with E-state index in [-0.39, 0.29) is 5.54 Å². The minimum absolute atomic E-state index is 0.111. The second-order valence-electron chi connectivity index (χ2n) is 6.09. The Balaban J connectivity index is 1.91. The van der Waals surface area contributed by atoms with Gasteiger partial charge in [-0.25, -0.2) is 4.98 Å². The van der Waals surface area contributed by atoms with Gasteiger partial charge in [-0.05, 0) is 33.6 Å². The van der Waals surface area contributed by atoms with Crippen molar-refractivity contribution < 1.29 is 4.42 Å². The van der Waals surface area contributed by atoms with E-state index in [4.69, 9.17) is 4.42 Å². The first-order chi connectivity index (χ1) is 8.04. The molecule has 3 heteroatoms. The van der Waals surface area contributed by atoms with Crippen molar-refractivity contribution in [3.8, 4) is 0 Å². The third kappa shape index (κ3) is 3.84. The Bertz CT molecular complexity index is 345. The third-order valence-electron chi connectivity index (χ3n) is 3.35. The molecule has 0 spiro atoms. The van der Waals surface area contributed by atoms with Gasteiger partial charge in [-0.15, -0.1) is 0 Å². The van der Waals surface area contributed by atoms with Gasteiger partial charge < -0.3 is 9.73 Å². The maximum absolute atomic E-state index is 5.84. The number of oxazole rings is 1. The number of aromatic nitrogens is 1. The number of hydrogen-bond acceptors (Lipinski definition) is 3. The van der Waals surface area contributed by atoms with E-state index in [0.29, 0.717) is 5.92 Å². The highest BCUT2D eigenvalue weighted by atomic mass is 16.4. The van der Waals surface area contributed by atoms with Crippen molar-refractivity contribution in [3.63, 3.8) is 0 Å². The van der Waals surface area contributed by atoms with Gasteiger partial charge in [0.1, 0.15) is 5.76 Å². The lowest BCUT2D eigenvalue weighted by Gasteiger charge is -2.20. The molecular formula is C14H24N2O. The van der Waals surface area contributed by atoms with E-state index < -0.39 is 0 Å². The fourth-order valence-electron chi connectivity index (χ4n) is 2.32. The van der Waals surface area contributed by atoms with Crippen LogP contribution in [-0.4, -0.2) is 10.5 Å². The maximum atomic E-state index is 5.84. The molecule has 0 saturated heterocycles. The molecule has 2 rings (SSSR count). The number of nitrogens with one attached hydrogen (secondary N) is 1. The lowest BCUT2D eigenvalue weighted by molar-refractivity contribution is 0.338. The van der Waals surface area contributed by atoms with Crippen molar-refractivity contribution in [1.29, 1.82) is 0 Å². The summed E-state index contributed by atoms with van der Waals surface area (Å²) in [4.78, 5) is 4.37. The summed E-state index contributed by atoms with van der Waals surface area (Å²) in [5, 5.41) is 3.40. The fourth-order valence-corrected chi connectivity index (χ4v) is 2.32. The van der Waals surface area contributed by atoms with Crippen LogP contribution in [0, 0.1) is 0 Å². The first kappa shape index (κ1) is 12.6. The van der Waals surface area contributed by atoms with Crippen LogP contribution in [-0.2, 0) is 6.54 Å². The summed E-state index contributed by atoms with van der Waals surface area (Å²) in [6.07, 6.45) is 8.50. The van der Waals surface area contributed by atoms with E-state index in [1.165, 1.54) is 32.1 Å². The minimum Gasteiger partial charge on any atom is -0.444 e. The number of nitrogens with zero attached hydrogens (tertiary/aromatic N) is 1. The molecule has 17 heavy (non-hydrogen) atoms. The minimum atomic E-state index is 0.111. The van der Waals surface area contributed by atoms with Crippen molar-refractivity contribution in [1.82, 2.24) is 10.3 Å². The highest BCUT2D eigenvalue weighted by Gasteiger charge is 2.19. The van der Waals surface area contributed by atoms with Gasteiger partial charge >= 0.3 is 0 Å². The summed E-state index contributed by atoms with van der Waals surface area (Å²) in [7, 11) is 0. The summed E-state index contributed by atoms with van der Waals surface area (Å²) < 4.78 is 5.84. The van der Waals surface area contributed by atoms with Crippen LogP contribution in [0.3, 0.4) is 0 Å². The van der Waals surface area contributed by atoms with Crippen molar-refractivity contribution in [2.45, 2.75) is 70.9 Å². The molecule has 1 saturated carbocycles. The molecule has 0 aromatic carbocycles. The Morgan fingerprint density at radius 1 is 1.29 bits per heavy atom. The van der Waals surface area contributed by atoms with E-state index in [9.17, 15) is 0 Å². The summed E-state index contributed by atoms with van der Waals surface area (Å²) in [5.74, 6) is 2.52. The van der Waals surface area contributed by atoms with Crippen LogP contribution in [0.25, 0.3) is 0 Å². The standard InChI is InChI=1S/C14H24N2O/c1-14(2,3)16-10-13-15-9-12(17-13)11-7-5-4-6-8-11/h9,11,16H,4-8,10H2,1-3H3. The van der Waals surface area contributed by atoms with Gasteiger partial charge in [-0.1, -0.05) is 19.3 Å². The number of hydrogen-bond donors (Lipinski definition) is 1. The third-order valence-corrected chi connectivity index (χ3v) is 3.35. The zero-order valence-corrected chi connectivity index (χ0v) is 11.3. The largest absolute Gasteiger partial charge is 0.444 e. The fraction of sp³-hybridized carbons (Fsp3) is 0.786. The SMILES string of the molecule is CC(C)(C)NCc1ncc(C2CCCCC2)o1. The second kappa shape index (κ2) is 5.21. The van der Waals surface area contributed by atoms with Crippen LogP contribution in [0.2, 0.25) is 0 Å². The molecule has 1 aliphatic carbocycles. The highest BCUT2D eigenvalue weighted by Crippen LogP contribution is 2.32. The normalized spacial score (nSPS) is 18.5. The van der Waals surface area contributed by atoms with Crippen LogP contribution in [0.4, 0.5) is 0 Å². The van der Waals surface area contributed by atoms with Gasteiger partial charge in [0.25, 0.3) is 0 Å². The second-order valence-corrected chi connectivity index (χ2v) is 6.09. The van der Waals surface area contributed by atoms with E-state index in [1.807, 2.05) is 6.20 Å². The van der Waals surface area contributed by atoms with Crippen LogP contribution in [0.15, 0.2) is 10.6 Å². The lowest BCUT2D eigenvalue weighted by atomic mass is 9.88. The van der Waals surface area contributed by atoms with Gasteiger partial charge in [0, 0.05) is 11.5 Å². The van der Waals surface area contributed by atoms with Crippen molar-refractivity contribution in [2.24, 2.45) is 0 Å². The zero-order valence-electron chi connectivity index (χ0n) is 11.3. The quantitative estimate of drug-likeness (QED) is 0.871. The molecular weight excluding hydrogens is 212 g/mol. The van der Waals surface area contributed by atoms with E-state index in [1.54, 1.807) is 0 Å². The predicted molar refractivity (Wildman–Crippen MR) is 68.9 cm³/mol. The molecule has 0 aliphatic heterocycles. The Morgan fingerprint density at radius 2 is 2.00 bits per heavy atom. The molecule has 0 unspecified atom stereocenters. The summed E-state index contributed by atoms with van der Waals surface area (Å²) >= 11 is 0. The van der Waals surface area contributed by atoms with E-state index in [2.05, 4.69) is 31.1 Å². The molecule has 96 valence electrons. The molecule has 0 bridgehead atoms. The Kier molecular flexibility index (Phi) is 3.87. The zero-order chi connectivity index (χ0) is 12.3. The Labute approximate surface area is 104 Å². The van der Waals surface area contributed by atoms with Crippen molar-refractivity contribution in [3.05, 3.63) is 17.8 Å². The van der Waals surface area contributed by atoms with Gasteiger partial charge in [0.15, 0.2) is 0 Å². The molecule has 1 heterocycles. The van der Waals surface area contributed by atoms with Crippen LogP contribution in [0.1, 0.15) is 70.4 Å². The van der Waals surface area contributed by atoms with Crippen molar-refractivity contribution in [2.75, 3.05) is 0 Å². The maximum Gasteiger partial charge on any atom is 0.208 e. The first-order valence-corrected chi connectivity index (χ1v) is 6.74. The lowest BCUT2D eigenvalue weighted by Crippen LogP contribution is -2.35.